The summed E-state index contributed by atoms with van der Waals surface area (Å²) in [5.41, 5.74) is 9.88. The van der Waals surface area contributed by atoms with Gasteiger partial charge in [-0.05, 0) is 25.1 Å². The minimum absolute atomic E-state index is 0.0809. The minimum Gasteiger partial charge on any atom is -0.493 e. The number of anilines is 1. The Balaban J connectivity index is 1.72. The van der Waals surface area contributed by atoms with Gasteiger partial charge in [-0.1, -0.05) is 6.07 Å². The molecule has 0 saturated carbocycles. The van der Waals surface area contributed by atoms with Crippen LogP contribution in [0.5, 0.6) is 28.7 Å². The van der Waals surface area contributed by atoms with E-state index in [1.54, 1.807) is 13.2 Å². The molecule has 0 amide bonds. The fourth-order valence-corrected chi connectivity index (χ4v) is 4.87. The molecule has 0 aliphatic carbocycles. The van der Waals surface area contributed by atoms with Crippen molar-refractivity contribution in [1.29, 1.82) is 0 Å². The molecule has 3 aliphatic rings. The highest BCUT2D eigenvalue weighted by molar-refractivity contribution is 5.98. The molecule has 3 heterocycles. The number of likely N-dealkylation sites (N-methyl/N-ethyl adjacent to an activating group) is 1. The Hall–Kier alpha value is -3.33. The van der Waals surface area contributed by atoms with Crippen LogP contribution in [0.1, 0.15) is 39.2 Å². The van der Waals surface area contributed by atoms with Crippen molar-refractivity contribution in [2.75, 3.05) is 47.4 Å². The summed E-state index contributed by atoms with van der Waals surface area (Å²) in [6, 6.07) is 3.29. The van der Waals surface area contributed by atoms with Crippen LogP contribution >= 0.6 is 0 Å². The second-order valence-electron chi connectivity index (χ2n) is 7.67. The van der Waals surface area contributed by atoms with Gasteiger partial charge in [0.15, 0.2) is 23.0 Å². The number of nitrogens with zero attached hydrogens (tertiary/aromatic N) is 1. The van der Waals surface area contributed by atoms with Gasteiger partial charge in [0.2, 0.25) is 12.5 Å². The molecule has 9 nitrogen and oxygen atoms in total. The normalized spacial score (nSPS) is 21.4. The van der Waals surface area contributed by atoms with E-state index in [0.717, 1.165) is 23.2 Å². The van der Waals surface area contributed by atoms with Crippen LogP contribution in [0.3, 0.4) is 0 Å². The van der Waals surface area contributed by atoms with Crippen LogP contribution in [0.25, 0.3) is 0 Å². The monoisotopic (exact) mass is 428 g/mol. The maximum Gasteiger partial charge on any atom is 0.343 e. The molecule has 0 spiro atoms. The number of fused-ring (bicyclic) bond motifs is 3. The molecule has 0 saturated heterocycles. The van der Waals surface area contributed by atoms with E-state index in [0.29, 0.717) is 46.4 Å². The lowest BCUT2D eigenvalue weighted by atomic mass is 9.84. The third kappa shape index (κ3) is 2.62. The second-order valence-corrected chi connectivity index (χ2v) is 7.67. The number of hydrogen-bond donors (Lipinski definition) is 1. The summed E-state index contributed by atoms with van der Waals surface area (Å²) in [5, 5.41) is 0. The molecule has 0 unspecified atom stereocenters. The number of nitrogen functional groups attached to an aromatic ring is 1. The number of benzene rings is 2. The van der Waals surface area contributed by atoms with E-state index in [2.05, 4.69) is 4.90 Å². The second kappa shape index (κ2) is 7.12. The summed E-state index contributed by atoms with van der Waals surface area (Å²) in [5.74, 6) is 1.93. The number of esters is 1. The largest absolute Gasteiger partial charge is 0.493 e. The Kier molecular flexibility index (Phi) is 4.51. The Morgan fingerprint density at radius 1 is 1.06 bits per heavy atom. The third-order valence-corrected chi connectivity index (χ3v) is 6.26. The molecule has 2 N–H and O–H groups in total. The number of hydrogen-bond acceptors (Lipinski definition) is 9. The highest BCUT2D eigenvalue weighted by atomic mass is 16.7. The zero-order valence-corrected chi connectivity index (χ0v) is 17.8. The molecule has 2 aromatic carbocycles. The molecule has 0 fully saturated rings. The van der Waals surface area contributed by atoms with Gasteiger partial charge in [0.25, 0.3) is 0 Å². The van der Waals surface area contributed by atoms with Crippen molar-refractivity contribution in [3.63, 3.8) is 0 Å². The van der Waals surface area contributed by atoms with Crippen LogP contribution in [0.15, 0.2) is 12.1 Å². The molecule has 2 aromatic rings. The molecule has 0 radical (unpaired) electrons. The van der Waals surface area contributed by atoms with E-state index in [1.165, 1.54) is 14.2 Å². The summed E-state index contributed by atoms with van der Waals surface area (Å²) in [4.78, 5) is 15.1. The predicted octanol–water partition coefficient (Wildman–Crippen LogP) is 2.46. The number of ether oxygens (including phenoxy) is 6. The molecule has 164 valence electrons. The average molecular weight is 428 g/mol. The van der Waals surface area contributed by atoms with Crippen LogP contribution < -0.4 is 29.4 Å². The van der Waals surface area contributed by atoms with Crippen molar-refractivity contribution in [1.82, 2.24) is 4.90 Å². The van der Waals surface area contributed by atoms with Crippen LogP contribution in [-0.4, -0.2) is 52.6 Å². The average Bonchev–Trinajstić information content (AvgIpc) is 3.39. The Bertz CT molecular complexity index is 1080. The van der Waals surface area contributed by atoms with Crippen molar-refractivity contribution in [2.45, 2.75) is 18.6 Å². The standard InChI is InChI=1S/C22H24N2O7/c1-24-8-7-10-13(19(28-4)21-20(15(10)23)29-9-30-21)16(24)17-11-5-6-12(26-2)18(27-3)14(11)22(25)31-17/h5-6,16-17H,7-9,23H2,1-4H3/t16-,17+/m1/s1. The van der Waals surface area contributed by atoms with E-state index in [-0.39, 0.29) is 12.8 Å². The lowest BCUT2D eigenvalue weighted by Crippen LogP contribution is -2.36. The molecule has 0 bridgehead atoms. The summed E-state index contributed by atoms with van der Waals surface area (Å²) in [7, 11) is 6.61. The van der Waals surface area contributed by atoms with Gasteiger partial charge in [-0.2, -0.15) is 0 Å². The molecule has 31 heavy (non-hydrogen) atoms. The van der Waals surface area contributed by atoms with Gasteiger partial charge in [-0.3, -0.25) is 4.90 Å². The number of carbonyl (C=O) groups excluding carboxylic acids is 1. The van der Waals surface area contributed by atoms with E-state index >= 15 is 0 Å². The fraction of sp³-hybridized carbons (Fsp3) is 0.409. The van der Waals surface area contributed by atoms with Crippen molar-refractivity contribution in [2.24, 2.45) is 0 Å². The third-order valence-electron chi connectivity index (χ3n) is 6.26. The molecule has 5 rings (SSSR count). The first-order chi connectivity index (χ1) is 15.0. The van der Waals surface area contributed by atoms with Crippen LogP contribution in [0, 0.1) is 0 Å². The predicted molar refractivity (Wildman–Crippen MR) is 110 cm³/mol. The topological polar surface area (TPSA) is 102 Å². The van der Waals surface area contributed by atoms with Crippen molar-refractivity contribution < 1.29 is 33.2 Å². The maximum atomic E-state index is 12.9. The van der Waals surface area contributed by atoms with Crippen LogP contribution in [-0.2, 0) is 11.2 Å². The first kappa shape index (κ1) is 19.6. The van der Waals surface area contributed by atoms with Gasteiger partial charge in [0.05, 0.1) is 33.1 Å². The van der Waals surface area contributed by atoms with Crippen molar-refractivity contribution in [3.05, 3.63) is 34.4 Å². The summed E-state index contributed by atoms with van der Waals surface area (Å²) in [6.07, 6.45) is 0.126. The Morgan fingerprint density at radius 2 is 1.81 bits per heavy atom. The quantitative estimate of drug-likeness (QED) is 0.581. The van der Waals surface area contributed by atoms with Gasteiger partial charge in [-0.15, -0.1) is 0 Å². The van der Waals surface area contributed by atoms with E-state index in [9.17, 15) is 4.79 Å². The van der Waals surface area contributed by atoms with Gasteiger partial charge < -0.3 is 34.2 Å². The zero-order valence-electron chi connectivity index (χ0n) is 17.8. The first-order valence-electron chi connectivity index (χ1n) is 9.95. The Morgan fingerprint density at radius 3 is 2.52 bits per heavy atom. The van der Waals surface area contributed by atoms with Crippen LogP contribution in [0.2, 0.25) is 0 Å². The van der Waals surface area contributed by atoms with Gasteiger partial charge in [0, 0.05) is 17.7 Å². The van der Waals surface area contributed by atoms with Gasteiger partial charge in [0.1, 0.15) is 11.7 Å². The van der Waals surface area contributed by atoms with Gasteiger partial charge in [-0.25, -0.2) is 4.79 Å². The summed E-state index contributed by atoms with van der Waals surface area (Å²) >= 11 is 0. The first-order valence-corrected chi connectivity index (χ1v) is 9.95. The molecule has 0 aromatic heterocycles. The molecule has 3 aliphatic heterocycles. The van der Waals surface area contributed by atoms with Crippen LogP contribution in [0.4, 0.5) is 5.69 Å². The van der Waals surface area contributed by atoms with E-state index in [1.807, 2.05) is 13.1 Å². The minimum atomic E-state index is -0.583. The molecular weight excluding hydrogens is 404 g/mol. The number of cyclic esters (lactones) is 1. The number of methoxy groups -OCH3 is 3. The lowest BCUT2D eigenvalue weighted by Gasteiger charge is -2.39. The van der Waals surface area contributed by atoms with Gasteiger partial charge >= 0.3 is 5.97 Å². The fourth-order valence-electron chi connectivity index (χ4n) is 4.87. The van der Waals surface area contributed by atoms with E-state index in [4.69, 9.17) is 34.2 Å². The van der Waals surface area contributed by atoms with Crippen molar-refractivity contribution in [3.8, 4) is 28.7 Å². The SMILES string of the molecule is COc1ccc2c(c1OC)C(=O)O[C@@H]2[C@H]1c2c(c(N)c3c(c2OC)OCO3)CCN1C. The zero-order chi connectivity index (χ0) is 21.9. The number of carbonyl (C=O) groups is 1. The summed E-state index contributed by atoms with van der Waals surface area (Å²) < 4.78 is 33.8. The molecular formula is C22H24N2O7. The molecule has 9 heteroatoms. The Labute approximate surface area is 179 Å². The highest BCUT2D eigenvalue weighted by Gasteiger charge is 2.47. The smallest absolute Gasteiger partial charge is 0.343 e. The summed E-state index contributed by atoms with van der Waals surface area (Å²) in [6.45, 7) is 0.804. The van der Waals surface area contributed by atoms with E-state index < -0.39 is 12.1 Å². The van der Waals surface area contributed by atoms with Crippen molar-refractivity contribution >= 4 is 11.7 Å². The number of nitrogens with two attached hydrogens (primary N) is 1. The number of rotatable bonds is 4. The maximum absolute atomic E-state index is 12.9. The highest BCUT2D eigenvalue weighted by Crippen LogP contribution is 2.57. The molecule has 2 atom stereocenters. The lowest BCUT2D eigenvalue weighted by molar-refractivity contribution is 0.00879.